The Labute approximate surface area is 130 Å². The zero-order valence-corrected chi connectivity index (χ0v) is 13.2. The van der Waals surface area contributed by atoms with Crippen molar-refractivity contribution in [3.63, 3.8) is 0 Å². The molecule has 3 rings (SSSR count). The summed E-state index contributed by atoms with van der Waals surface area (Å²) >= 11 is 0. The molecule has 0 spiro atoms. The van der Waals surface area contributed by atoms with Crippen LogP contribution in [0.5, 0.6) is 0 Å². The number of likely N-dealkylation sites (tertiary alicyclic amines) is 1. The van der Waals surface area contributed by atoms with Gasteiger partial charge in [0.1, 0.15) is 0 Å². The van der Waals surface area contributed by atoms with Crippen LogP contribution in [0.3, 0.4) is 0 Å². The second-order valence-electron chi connectivity index (χ2n) is 6.21. The number of hydrogen-bond acceptors (Lipinski definition) is 3. The molecule has 1 fully saturated rings. The molecule has 0 unspecified atom stereocenters. The Kier molecular flexibility index (Phi) is 4.27. The van der Waals surface area contributed by atoms with Crippen molar-refractivity contribution in [2.45, 2.75) is 39.3 Å². The summed E-state index contributed by atoms with van der Waals surface area (Å²) < 4.78 is 3.83. The lowest BCUT2D eigenvalue weighted by atomic mass is 10.0. The van der Waals surface area contributed by atoms with Gasteiger partial charge in [-0.1, -0.05) is 6.92 Å². The molecule has 118 valence electrons. The lowest BCUT2D eigenvalue weighted by Crippen LogP contribution is -2.44. The number of nitrogens with zero attached hydrogens (tertiary/aromatic N) is 5. The smallest absolute Gasteiger partial charge is 0.227 e. The third kappa shape index (κ3) is 3.21. The minimum atomic E-state index is -0.0574. The van der Waals surface area contributed by atoms with Crippen molar-refractivity contribution < 1.29 is 4.79 Å². The zero-order valence-electron chi connectivity index (χ0n) is 13.2. The summed E-state index contributed by atoms with van der Waals surface area (Å²) in [6.45, 7) is 6.25. The molecule has 22 heavy (non-hydrogen) atoms. The van der Waals surface area contributed by atoms with Crippen LogP contribution in [0, 0.1) is 12.8 Å². The normalized spacial score (nSPS) is 20.1. The van der Waals surface area contributed by atoms with Crippen molar-refractivity contribution in [1.29, 1.82) is 0 Å². The first-order valence-electron chi connectivity index (χ1n) is 7.90. The van der Waals surface area contributed by atoms with E-state index in [0.29, 0.717) is 12.6 Å². The van der Waals surface area contributed by atoms with Crippen molar-refractivity contribution in [2.75, 3.05) is 13.1 Å². The number of carbonyl (C=O) groups is 1. The van der Waals surface area contributed by atoms with Crippen LogP contribution in [0.25, 0.3) is 0 Å². The maximum Gasteiger partial charge on any atom is 0.227 e. The van der Waals surface area contributed by atoms with E-state index in [9.17, 15) is 4.79 Å². The van der Waals surface area contributed by atoms with E-state index in [4.69, 9.17) is 0 Å². The number of rotatable bonds is 4. The molecule has 1 amide bonds. The third-order valence-electron chi connectivity index (χ3n) is 4.25. The van der Waals surface area contributed by atoms with Gasteiger partial charge in [0.15, 0.2) is 0 Å². The first-order valence-corrected chi connectivity index (χ1v) is 7.90. The van der Waals surface area contributed by atoms with Gasteiger partial charge in [-0.25, -0.2) is 0 Å². The highest BCUT2D eigenvalue weighted by atomic mass is 16.2. The second kappa shape index (κ2) is 6.34. The van der Waals surface area contributed by atoms with Crippen molar-refractivity contribution in [3.8, 4) is 0 Å². The highest BCUT2D eigenvalue weighted by Gasteiger charge is 2.28. The van der Waals surface area contributed by atoms with Gasteiger partial charge in [0.2, 0.25) is 5.91 Å². The average Bonchev–Trinajstić information content (AvgIpc) is 3.18. The van der Waals surface area contributed by atoms with Gasteiger partial charge < -0.3 is 4.90 Å². The molecule has 0 aliphatic carbocycles. The summed E-state index contributed by atoms with van der Waals surface area (Å²) in [6.07, 6.45) is 9.69. The number of amides is 1. The van der Waals surface area contributed by atoms with E-state index in [-0.39, 0.29) is 11.8 Å². The SMILES string of the molecule is Cc1cnn([C@@H]2CCCN(C(=O)[C@H](C)Cn3cccn3)C2)c1. The van der Waals surface area contributed by atoms with Gasteiger partial charge in [0, 0.05) is 31.7 Å². The summed E-state index contributed by atoms with van der Waals surface area (Å²) in [5.74, 6) is 0.155. The molecule has 0 bridgehead atoms. The maximum atomic E-state index is 12.7. The molecular weight excluding hydrogens is 278 g/mol. The number of aryl methyl sites for hydroxylation is 1. The first kappa shape index (κ1) is 14.8. The van der Waals surface area contributed by atoms with Crippen LogP contribution in [0.1, 0.15) is 31.4 Å². The molecule has 2 aromatic rings. The van der Waals surface area contributed by atoms with Crippen molar-refractivity contribution in [3.05, 3.63) is 36.4 Å². The molecule has 2 aromatic heterocycles. The fourth-order valence-electron chi connectivity index (χ4n) is 3.08. The van der Waals surface area contributed by atoms with E-state index in [0.717, 1.165) is 31.5 Å². The highest BCUT2D eigenvalue weighted by molar-refractivity contribution is 5.78. The molecule has 6 nitrogen and oxygen atoms in total. The van der Waals surface area contributed by atoms with Gasteiger partial charge >= 0.3 is 0 Å². The van der Waals surface area contributed by atoms with Crippen LogP contribution in [0.15, 0.2) is 30.9 Å². The molecule has 0 radical (unpaired) electrons. The fraction of sp³-hybridized carbons (Fsp3) is 0.562. The van der Waals surface area contributed by atoms with Gasteiger partial charge in [-0.05, 0) is 31.4 Å². The van der Waals surface area contributed by atoms with Crippen LogP contribution >= 0.6 is 0 Å². The van der Waals surface area contributed by atoms with E-state index in [2.05, 4.69) is 16.4 Å². The zero-order chi connectivity index (χ0) is 15.5. The minimum Gasteiger partial charge on any atom is -0.340 e. The molecule has 6 heteroatoms. The standard InChI is InChI=1S/C16H23N5O/c1-13-9-18-21(10-13)15-5-3-7-19(12-15)16(22)14(2)11-20-8-4-6-17-20/h4,6,8-10,14-15H,3,5,7,11-12H2,1-2H3/t14-,15-/m1/s1. The average molecular weight is 301 g/mol. The first-order chi connectivity index (χ1) is 10.6. The van der Waals surface area contributed by atoms with E-state index in [1.54, 1.807) is 6.20 Å². The van der Waals surface area contributed by atoms with E-state index in [1.165, 1.54) is 0 Å². The van der Waals surface area contributed by atoms with Crippen molar-refractivity contribution >= 4 is 5.91 Å². The van der Waals surface area contributed by atoms with E-state index in [1.807, 2.05) is 46.6 Å². The highest BCUT2D eigenvalue weighted by Crippen LogP contribution is 2.22. The predicted octanol–water partition coefficient (Wildman–Crippen LogP) is 1.89. The Bertz CT molecular complexity index is 618. The van der Waals surface area contributed by atoms with Crippen LogP contribution < -0.4 is 0 Å². The van der Waals surface area contributed by atoms with Crippen molar-refractivity contribution in [1.82, 2.24) is 24.5 Å². The number of hydrogen-bond donors (Lipinski definition) is 0. The number of piperidine rings is 1. The van der Waals surface area contributed by atoms with Gasteiger partial charge in [0.25, 0.3) is 0 Å². The largest absolute Gasteiger partial charge is 0.340 e. The van der Waals surface area contributed by atoms with Crippen LogP contribution in [0.4, 0.5) is 0 Å². The molecule has 1 aliphatic rings. The van der Waals surface area contributed by atoms with Gasteiger partial charge in [-0.3, -0.25) is 14.2 Å². The summed E-state index contributed by atoms with van der Waals surface area (Å²) in [5, 5.41) is 8.58. The Morgan fingerprint density at radius 3 is 3.00 bits per heavy atom. The lowest BCUT2D eigenvalue weighted by Gasteiger charge is -2.34. The lowest BCUT2D eigenvalue weighted by molar-refractivity contribution is -0.137. The fourth-order valence-corrected chi connectivity index (χ4v) is 3.08. The van der Waals surface area contributed by atoms with Crippen molar-refractivity contribution in [2.24, 2.45) is 5.92 Å². The predicted molar refractivity (Wildman–Crippen MR) is 83.2 cm³/mol. The Morgan fingerprint density at radius 2 is 2.32 bits per heavy atom. The third-order valence-corrected chi connectivity index (χ3v) is 4.25. The molecule has 1 aliphatic heterocycles. The monoisotopic (exact) mass is 301 g/mol. The van der Waals surface area contributed by atoms with E-state index >= 15 is 0 Å². The van der Waals surface area contributed by atoms with Gasteiger partial charge in [-0.2, -0.15) is 10.2 Å². The number of aromatic nitrogens is 4. The molecule has 2 atom stereocenters. The topological polar surface area (TPSA) is 56.0 Å². The van der Waals surface area contributed by atoms with Crippen LogP contribution in [-0.2, 0) is 11.3 Å². The second-order valence-corrected chi connectivity index (χ2v) is 6.21. The van der Waals surface area contributed by atoms with Crippen LogP contribution in [0.2, 0.25) is 0 Å². The van der Waals surface area contributed by atoms with E-state index < -0.39 is 0 Å². The Balaban J connectivity index is 1.62. The molecule has 0 saturated carbocycles. The molecule has 0 N–H and O–H groups in total. The molecule has 1 saturated heterocycles. The molecule has 3 heterocycles. The van der Waals surface area contributed by atoms with Gasteiger partial charge in [-0.15, -0.1) is 0 Å². The summed E-state index contributed by atoms with van der Waals surface area (Å²) in [5.41, 5.74) is 1.16. The number of carbonyl (C=O) groups excluding carboxylic acids is 1. The minimum absolute atomic E-state index is 0.0574. The molecular formula is C16H23N5O. The quantitative estimate of drug-likeness (QED) is 0.866. The summed E-state index contributed by atoms with van der Waals surface area (Å²) in [4.78, 5) is 14.6. The van der Waals surface area contributed by atoms with Crippen LogP contribution in [-0.4, -0.2) is 43.5 Å². The van der Waals surface area contributed by atoms with Gasteiger partial charge in [0.05, 0.1) is 24.7 Å². The summed E-state index contributed by atoms with van der Waals surface area (Å²) in [7, 11) is 0. The summed E-state index contributed by atoms with van der Waals surface area (Å²) in [6, 6.07) is 2.18. The maximum absolute atomic E-state index is 12.7. The Hall–Kier alpha value is -2.11. The molecule has 0 aromatic carbocycles. The Morgan fingerprint density at radius 1 is 1.45 bits per heavy atom.